The molecule has 6 heteroatoms. The Bertz CT molecular complexity index is 505. The van der Waals surface area contributed by atoms with Gasteiger partial charge in [-0.1, -0.05) is 0 Å². The highest BCUT2D eigenvalue weighted by molar-refractivity contribution is 5.78. The van der Waals surface area contributed by atoms with E-state index < -0.39 is 11.5 Å². The summed E-state index contributed by atoms with van der Waals surface area (Å²) in [7, 11) is 1.66. The second kappa shape index (κ2) is 6.67. The summed E-state index contributed by atoms with van der Waals surface area (Å²) in [6.07, 6.45) is 2.12. The van der Waals surface area contributed by atoms with Crippen LogP contribution in [0.15, 0.2) is 18.2 Å². The van der Waals surface area contributed by atoms with Crippen molar-refractivity contribution in [3.63, 3.8) is 0 Å². The van der Waals surface area contributed by atoms with Gasteiger partial charge in [0.05, 0.1) is 6.61 Å². The van der Waals surface area contributed by atoms with Gasteiger partial charge in [-0.25, -0.2) is 0 Å². The Kier molecular flexibility index (Phi) is 4.90. The summed E-state index contributed by atoms with van der Waals surface area (Å²) in [6.45, 7) is 2.48. The fraction of sp³-hybridized carbons (Fsp3) is 0.533. The molecule has 0 bridgehead atoms. The monoisotopic (exact) mass is 295 g/mol. The summed E-state index contributed by atoms with van der Waals surface area (Å²) in [5, 5.41) is 12.0. The van der Waals surface area contributed by atoms with Crippen molar-refractivity contribution in [3.8, 4) is 17.2 Å². The Balaban J connectivity index is 1.72. The van der Waals surface area contributed by atoms with Crippen molar-refractivity contribution >= 4 is 5.97 Å². The van der Waals surface area contributed by atoms with Gasteiger partial charge in [-0.2, -0.15) is 0 Å². The molecule has 0 amide bonds. The number of ether oxygens (including phenoxy) is 3. The molecule has 1 atom stereocenters. The van der Waals surface area contributed by atoms with E-state index in [2.05, 4.69) is 5.32 Å². The first-order valence-electron chi connectivity index (χ1n) is 7.00. The average molecular weight is 295 g/mol. The molecule has 1 aliphatic rings. The molecule has 2 N–H and O–H groups in total. The molecule has 0 saturated carbocycles. The molecule has 0 aromatic heterocycles. The van der Waals surface area contributed by atoms with E-state index in [1.165, 1.54) is 0 Å². The number of unbranched alkanes of at least 4 members (excludes halogenated alkanes) is 1. The zero-order valence-corrected chi connectivity index (χ0v) is 12.3. The summed E-state index contributed by atoms with van der Waals surface area (Å²) in [6, 6.07) is 5.46. The minimum absolute atomic E-state index is 0.247. The Morgan fingerprint density at radius 3 is 2.86 bits per heavy atom. The van der Waals surface area contributed by atoms with E-state index >= 15 is 0 Å². The van der Waals surface area contributed by atoms with E-state index in [4.69, 9.17) is 19.3 Å². The van der Waals surface area contributed by atoms with Gasteiger partial charge in [0.1, 0.15) is 11.3 Å². The van der Waals surface area contributed by atoms with E-state index in [9.17, 15) is 4.79 Å². The van der Waals surface area contributed by atoms with Crippen molar-refractivity contribution in [2.75, 3.05) is 20.4 Å². The summed E-state index contributed by atoms with van der Waals surface area (Å²) in [5.74, 6) is 1.32. The third-order valence-electron chi connectivity index (χ3n) is 3.71. The van der Waals surface area contributed by atoms with Gasteiger partial charge in [0, 0.05) is 6.07 Å². The van der Waals surface area contributed by atoms with Crippen LogP contribution in [0, 0.1) is 0 Å². The molecule has 2 rings (SSSR count). The molecule has 1 aromatic carbocycles. The maximum absolute atomic E-state index is 11.1. The Labute approximate surface area is 124 Å². The highest BCUT2D eigenvalue weighted by atomic mass is 16.7. The maximum atomic E-state index is 11.1. The summed E-state index contributed by atoms with van der Waals surface area (Å²) < 4.78 is 16.1. The van der Waals surface area contributed by atoms with E-state index in [0.29, 0.717) is 18.8 Å². The topological polar surface area (TPSA) is 77.0 Å². The van der Waals surface area contributed by atoms with Gasteiger partial charge in [0.2, 0.25) is 6.79 Å². The van der Waals surface area contributed by atoms with E-state index in [1.54, 1.807) is 20.0 Å². The van der Waals surface area contributed by atoms with Crippen molar-refractivity contribution in [2.24, 2.45) is 0 Å². The van der Waals surface area contributed by atoms with Crippen LogP contribution in [0.5, 0.6) is 17.2 Å². The lowest BCUT2D eigenvalue weighted by Gasteiger charge is -2.23. The Morgan fingerprint density at radius 2 is 2.14 bits per heavy atom. The predicted octanol–water partition coefficient (Wildman–Crippen LogP) is 2.03. The van der Waals surface area contributed by atoms with Crippen LogP contribution >= 0.6 is 0 Å². The van der Waals surface area contributed by atoms with Crippen LogP contribution in [0.25, 0.3) is 0 Å². The van der Waals surface area contributed by atoms with Crippen LogP contribution < -0.4 is 19.5 Å². The van der Waals surface area contributed by atoms with Crippen LogP contribution in [0.3, 0.4) is 0 Å². The van der Waals surface area contributed by atoms with E-state index in [1.807, 2.05) is 12.1 Å². The van der Waals surface area contributed by atoms with Gasteiger partial charge in [-0.05, 0) is 45.4 Å². The van der Waals surface area contributed by atoms with E-state index in [-0.39, 0.29) is 6.79 Å². The van der Waals surface area contributed by atoms with Crippen molar-refractivity contribution < 1.29 is 24.1 Å². The minimum atomic E-state index is -0.876. The number of carbonyl (C=O) groups is 1. The van der Waals surface area contributed by atoms with Crippen LogP contribution in [0.2, 0.25) is 0 Å². The minimum Gasteiger partial charge on any atom is -0.493 e. The first-order valence-corrected chi connectivity index (χ1v) is 7.00. The molecule has 1 aromatic rings. The van der Waals surface area contributed by atoms with Crippen LogP contribution in [0.4, 0.5) is 0 Å². The van der Waals surface area contributed by atoms with Crippen molar-refractivity contribution in [2.45, 2.75) is 31.7 Å². The maximum Gasteiger partial charge on any atom is 0.323 e. The zero-order valence-electron chi connectivity index (χ0n) is 12.3. The van der Waals surface area contributed by atoms with Gasteiger partial charge in [-0.3, -0.25) is 4.79 Å². The number of benzene rings is 1. The molecule has 1 heterocycles. The molecular formula is C15H21NO5. The first kappa shape index (κ1) is 15.4. The highest BCUT2D eigenvalue weighted by Crippen LogP contribution is 2.35. The molecule has 116 valence electrons. The van der Waals surface area contributed by atoms with Crippen molar-refractivity contribution in [3.05, 3.63) is 18.2 Å². The van der Waals surface area contributed by atoms with Gasteiger partial charge in [0.15, 0.2) is 11.5 Å². The molecular weight excluding hydrogens is 274 g/mol. The van der Waals surface area contributed by atoms with Gasteiger partial charge in [-0.15, -0.1) is 0 Å². The zero-order chi connectivity index (χ0) is 15.3. The smallest absolute Gasteiger partial charge is 0.323 e. The SMILES string of the molecule is CNC(C)(CCCCOc1ccc2c(c1)OCO2)C(=O)O. The number of rotatable bonds is 8. The third-order valence-corrected chi connectivity index (χ3v) is 3.71. The number of hydrogen-bond donors (Lipinski definition) is 2. The van der Waals surface area contributed by atoms with Crippen molar-refractivity contribution in [1.29, 1.82) is 0 Å². The molecule has 1 unspecified atom stereocenters. The van der Waals surface area contributed by atoms with Gasteiger partial charge < -0.3 is 24.6 Å². The second-order valence-electron chi connectivity index (χ2n) is 5.21. The molecule has 0 radical (unpaired) electrons. The van der Waals surface area contributed by atoms with Gasteiger partial charge in [0.25, 0.3) is 0 Å². The number of carboxylic acid groups (broad SMARTS) is 1. The Hall–Kier alpha value is -1.95. The summed E-state index contributed by atoms with van der Waals surface area (Å²) in [5.41, 5.74) is -0.876. The fourth-order valence-electron chi connectivity index (χ4n) is 2.08. The number of nitrogens with one attached hydrogen (secondary N) is 1. The number of aliphatic carboxylic acids is 1. The number of likely N-dealkylation sites (N-methyl/N-ethyl adjacent to an activating group) is 1. The molecule has 0 aliphatic carbocycles. The summed E-state index contributed by atoms with van der Waals surface area (Å²) in [4.78, 5) is 11.1. The highest BCUT2D eigenvalue weighted by Gasteiger charge is 2.30. The van der Waals surface area contributed by atoms with Crippen LogP contribution in [0.1, 0.15) is 26.2 Å². The number of fused-ring (bicyclic) bond motifs is 1. The lowest BCUT2D eigenvalue weighted by atomic mass is 9.95. The largest absolute Gasteiger partial charge is 0.493 e. The normalized spacial score (nSPS) is 15.5. The number of carboxylic acids is 1. The second-order valence-corrected chi connectivity index (χ2v) is 5.21. The first-order chi connectivity index (χ1) is 10.0. The standard InChI is InChI=1S/C15H21NO5/c1-15(16-2,14(17)18)7-3-4-8-19-11-5-6-12-13(9-11)21-10-20-12/h5-6,9,16H,3-4,7-8,10H2,1-2H3,(H,17,18). The molecule has 0 fully saturated rings. The number of hydrogen-bond acceptors (Lipinski definition) is 5. The molecule has 6 nitrogen and oxygen atoms in total. The molecule has 0 saturated heterocycles. The Morgan fingerprint density at radius 1 is 1.38 bits per heavy atom. The lowest BCUT2D eigenvalue weighted by Crippen LogP contribution is -2.47. The quantitative estimate of drug-likeness (QED) is 0.715. The molecule has 0 spiro atoms. The fourth-order valence-corrected chi connectivity index (χ4v) is 2.08. The predicted molar refractivity (Wildman–Crippen MR) is 77.0 cm³/mol. The van der Waals surface area contributed by atoms with Crippen LogP contribution in [-0.2, 0) is 4.79 Å². The third kappa shape index (κ3) is 3.78. The lowest BCUT2D eigenvalue weighted by molar-refractivity contribution is -0.144. The average Bonchev–Trinajstić information content (AvgIpc) is 2.94. The van der Waals surface area contributed by atoms with Gasteiger partial charge >= 0.3 is 5.97 Å². The molecule has 21 heavy (non-hydrogen) atoms. The molecule has 1 aliphatic heterocycles. The summed E-state index contributed by atoms with van der Waals surface area (Å²) >= 11 is 0. The van der Waals surface area contributed by atoms with E-state index in [0.717, 1.165) is 24.3 Å². The van der Waals surface area contributed by atoms with Crippen LogP contribution in [-0.4, -0.2) is 37.1 Å². The van der Waals surface area contributed by atoms with Crippen molar-refractivity contribution in [1.82, 2.24) is 5.32 Å².